The van der Waals surface area contributed by atoms with Gasteiger partial charge in [0, 0.05) is 11.7 Å². The lowest BCUT2D eigenvalue weighted by Gasteiger charge is -2.11. The minimum absolute atomic E-state index is 0.0162. The Morgan fingerprint density at radius 3 is 2.73 bits per heavy atom. The van der Waals surface area contributed by atoms with Crippen molar-refractivity contribution in [3.63, 3.8) is 0 Å². The number of benzene rings is 1. The van der Waals surface area contributed by atoms with Gasteiger partial charge in [-0.25, -0.2) is 14.4 Å². The number of hydrogen-bond donors (Lipinski definition) is 2. The third kappa shape index (κ3) is 4.14. The molecule has 0 aliphatic carbocycles. The molecule has 1 amide bonds. The maximum atomic E-state index is 13.1. The Balaban J connectivity index is 2.05. The molecule has 0 bridgehead atoms. The predicted octanol–water partition coefficient (Wildman–Crippen LogP) is 3.54. The van der Waals surface area contributed by atoms with Crippen LogP contribution < -0.4 is 10.6 Å². The molecule has 0 radical (unpaired) electrons. The minimum atomic E-state index is -0.490. The van der Waals surface area contributed by atoms with E-state index in [1.54, 1.807) is 0 Å². The molecule has 1 aromatic heterocycles. The van der Waals surface area contributed by atoms with Gasteiger partial charge in [0.15, 0.2) is 0 Å². The first-order valence-electron chi connectivity index (χ1n) is 6.84. The quantitative estimate of drug-likeness (QED) is 0.883. The summed E-state index contributed by atoms with van der Waals surface area (Å²) in [4.78, 5) is 20.0. The third-order valence-corrected chi connectivity index (χ3v) is 3.36. The molecule has 116 valence electrons. The van der Waals surface area contributed by atoms with Crippen molar-refractivity contribution in [1.29, 1.82) is 0 Å². The number of hydrogen-bond acceptors (Lipinski definition) is 4. The van der Waals surface area contributed by atoms with Crippen LogP contribution in [0.1, 0.15) is 30.8 Å². The van der Waals surface area contributed by atoms with E-state index in [2.05, 4.69) is 20.6 Å². The van der Waals surface area contributed by atoms with Gasteiger partial charge in [-0.2, -0.15) is 0 Å². The summed E-state index contributed by atoms with van der Waals surface area (Å²) < 4.78 is 13.1. The van der Waals surface area contributed by atoms with Crippen molar-refractivity contribution in [1.82, 2.24) is 15.3 Å². The standard InChI is InChI=1S/C15H16ClFN4O/c1-3-9(2)20-15(22)13-7-19-14(8-18-13)21-10-4-5-12(17)11(16)6-10/h4-9H,3H2,1-2H3,(H,19,21)(H,20,22). The maximum Gasteiger partial charge on any atom is 0.271 e. The normalized spacial score (nSPS) is 11.8. The smallest absolute Gasteiger partial charge is 0.271 e. The summed E-state index contributed by atoms with van der Waals surface area (Å²) in [7, 11) is 0. The van der Waals surface area contributed by atoms with Crippen LogP contribution in [0.3, 0.4) is 0 Å². The van der Waals surface area contributed by atoms with Crippen LogP contribution in [0.15, 0.2) is 30.6 Å². The zero-order chi connectivity index (χ0) is 16.1. The highest BCUT2D eigenvalue weighted by molar-refractivity contribution is 6.31. The Morgan fingerprint density at radius 2 is 2.14 bits per heavy atom. The van der Waals surface area contributed by atoms with Crippen molar-refractivity contribution >= 4 is 29.0 Å². The van der Waals surface area contributed by atoms with Gasteiger partial charge in [0.25, 0.3) is 5.91 Å². The average molecular weight is 323 g/mol. The van der Waals surface area contributed by atoms with Crippen LogP contribution in [0, 0.1) is 5.82 Å². The first-order valence-corrected chi connectivity index (χ1v) is 7.22. The molecule has 0 saturated heterocycles. The molecule has 1 aromatic carbocycles. The van der Waals surface area contributed by atoms with Crippen LogP contribution in [-0.2, 0) is 0 Å². The summed E-state index contributed by atoms with van der Waals surface area (Å²) in [6.45, 7) is 3.90. The number of nitrogens with one attached hydrogen (secondary N) is 2. The van der Waals surface area contributed by atoms with Crippen LogP contribution in [0.2, 0.25) is 5.02 Å². The molecule has 2 aromatic rings. The van der Waals surface area contributed by atoms with Crippen LogP contribution in [-0.4, -0.2) is 21.9 Å². The summed E-state index contributed by atoms with van der Waals surface area (Å²) in [5, 5.41) is 5.76. The second-order valence-electron chi connectivity index (χ2n) is 4.82. The fraction of sp³-hybridized carbons (Fsp3) is 0.267. The average Bonchev–Trinajstić information content (AvgIpc) is 2.51. The van der Waals surface area contributed by atoms with Gasteiger partial charge in [0.1, 0.15) is 17.3 Å². The molecule has 2 N–H and O–H groups in total. The maximum absolute atomic E-state index is 13.1. The zero-order valence-electron chi connectivity index (χ0n) is 12.2. The van der Waals surface area contributed by atoms with Gasteiger partial charge in [-0.3, -0.25) is 4.79 Å². The number of anilines is 2. The lowest BCUT2D eigenvalue weighted by molar-refractivity contribution is 0.0934. The lowest BCUT2D eigenvalue weighted by atomic mass is 10.2. The Labute approximate surface area is 132 Å². The monoisotopic (exact) mass is 322 g/mol. The van der Waals surface area contributed by atoms with Gasteiger partial charge in [0.2, 0.25) is 0 Å². The highest BCUT2D eigenvalue weighted by atomic mass is 35.5. The first kappa shape index (κ1) is 16.2. The number of rotatable bonds is 5. The number of carbonyl (C=O) groups is 1. The second-order valence-corrected chi connectivity index (χ2v) is 5.23. The van der Waals surface area contributed by atoms with E-state index in [9.17, 15) is 9.18 Å². The Morgan fingerprint density at radius 1 is 1.36 bits per heavy atom. The van der Waals surface area contributed by atoms with Gasteiger partial charge < -0.3 is 10.6 Å². The van der Waals surface area contributed by atoms with E-state index in [4.69, 9.17) is 11.6 Å². The highest BCUT2D eigenvalue weighted by Gasteiger charge is 2.10. The molecule has 5 nitrogen and oxygen atoms in total. The molecule has 22 heavy (non-hydrogen) atoms. The molecule has 0 aliphatic rings. The van der Waals surface area contributed by atoms with Crippen molar-refractivity contribution in [2.24, 2.45) is 0 Å². The number of aromatic nitrogens is 2. The topological polar surface area (TPSA) is 66.9 Å². The van der Waals surface area contributed by atoms with E-state index in [1.807, 2.05) is 13.8 Å². The summed E-state index contributed by atoms with van der Waals surface area (Å²) in [6, 6.07) is 4.31. The number of halogens is 2. The molecule has 0 spiro atoms. The van der Waals surface area contributed by atoms with Crippen LogP contribution in [0.5, 0.6) is 0 Å². The van der Waals surface area contributed by atoms with Crippen molar-refractivity contribution in [3.8, 4) is 0 Å². The number of nitrogens with zero attached hydrogens (tertiary/aromatic N) is 2. The third-order valence-electron chi connectivity index (χ3n) is 3.07. The van der Waals surface area contributed by atoms with Crippen molar-refractivity contribution in [2.45, 2.75) is 26.3 Å². The van der Waals surface area contributed by atoms with Crippen molar-refractivity contribution in [3.05, 3.63) is 47.1 Å². The predicted molar refractivity (Wildman–Crippen MR) is 83.9 cm³/mol. The van der Waals surface area contributed by atoms with E-state index in [-0.39, 0.29) is 22.7 Å². The fourth-order valence-electron chi connectivity index (χ4n) is 1.63. The molecule has 1 heterocycles. The lowest BCUT2D eigenvalue weighted by Crippen LogP contribution is -2.32. The van der Waals surface area contributed by atoms with E-state index in [0.29, 0.717) is 11.5 Å². The molecule has 7 heteroatoms. The second kappa shape index (κ2) is 7.17. The van der Waals surface area contributed by atoms with Gasteiger partial charge in [-0.15, -0.1) is 0 Å². The SMILES string of the molecule is CCC(C)NC(=O)c1cnc(Nc2ccc(F)c(Cl)c2)cn1. The summed E-state index contributed by atoms with van der Waals surface area (Å²) in [5.74, 6) is -0.323. The molecule has 0 fully saturated rings. The molecule has 1 unspecified atom stereocenters. The van der Waals surface area contributed by atoms with Crippen molar-refractivity contribution in [2.75, 3.05) is 5.32 Å². The summed E-state index contributed by atoms with van der Waals surface area (Å²) >= 11 is 5.71. The van der Waals surface area contributed by atoms with Gasteiger partial charge in [-0.1, -0.05) is 18.5 Å². The number of carbonyl (C=O) groups excluding carboxylic acids is 1. The molecule has 0 aliphatic heterocycles. The van der Waals surface area contributed by atoms with Crippen LogP contribution in [0.4, 0.5) is 15.9 Å². The van der Waals surface area contributed by atoms with Gasteiger partial charge >= 0.3 is 0 Å². The molecule has 1 atom stereocenters. The van der Waals surface area contributed by atoms with E-state index < -0.39 is 5.82 Å². The van der Waals surface area contributed by atoms with E-state index in [0.717, 1.165) is 6.42 Å². The van der Waals surface area contributed by atoms with Gasteiger partial charge in [-0.05, 0) is 31.5 Å². The van der Waals surface area contributed by atoms with Crippen LogP contribution in [0.25, 0.3) is 0 Å². The Bertz CT molecular complexity index is 663. The molecular weight excluding hydrogens is 307 g/mol. The summed E-state index contributed by atoms with van der Waals surface area (Å²) in [5.41, 5.74) is 0.820. The highest BCUT2D eigenvalue weighted by Crippen LogP contribution is 2.21. The largest absolute Gasteiger partial charge is 0.348 e. The first-order chi connectivity index (χ1) is 10.5. The molecule has 0 saturated carbocycles. The van der Waals surface area contributed by atoms with E-state index in [1.165, 1.54) is 30.6 Å². The van der Waals surface area contributed by atoms with Crippen molar-refractivity contribution < 1.29 is 9.18 Å². The van der Waals surface area contributed by atoms with E-state index >= 15 is 0 Å². The summed E-state index contributed by atoms with van der Waals surface area (Å²) in [6.07, 6.45) is 3.65. The molecule has 2 rings (SSSR count). The zero-order valence-corrected chi connectivity index (χ0v) is 13.0. The minimum Gasteiger partial charge on any atom is -0.348 e. The number of amides is 1. The Hall–Kier alpha value is -2.21. The van der Waals surface area contributed by atoms with Crippen LogP contribution >= 0.6 is 11.6 Å². The molecular formula is C15H16ClFN4O. The van der Waals surface area contributed by atoms with Gasteiger partial charge in [0.05, 0.1) is 17.4 Å². The Kier molecular flexibility index (Phi) is 5.27. The fourth-order valence-corrected chi connectivity index (χ4v) is 1.81.